The highest BCUT2D eigenvalue weighted by molar-refractivity contribution is 5.99. The average Bonchev–Trinajstić information content (AvgIpc) is 3.16. The number of carbonyl (C=O) groups is 1. The zero-order chi connectivity index (χ0) is 19.3. The number of halogens is 3. The molecule has 0 spiro atoms. The van der Waals surface area contributed by atoms with E-state index in [1.165, 1.54) is 10.6 Å². The number of rotatable bonds is 3. The van der Waals surface area contributed by atoms with Crippen LogP contribution in [0.15, 0.2) is 30.3 Å². The zero-order valence-corrected chi connectivity index (χ0v) is 14.8. The number of pyridine rings is 1. The minimum Gasteiger partial charge on any atom is -0.326 e. The average molecular weight is 374 g/mol. The van der Waals surface area contributed by atoms with Gasteiger partial charge in [0.1, 0.15) is 0 Å². The number of alkyl halides is 3. The zero-order valence-electron chi connectivity index (χ0n) is 14.8. The number of hydrogen-bond donors (Lipinski definition) is 1. The molecule has 0 saturated heterocycles. The van der Waals surface area contributed by atoms with E-state index in [1.807, 2.05) is 13.8 Å². The number of fused-ring (bicyclic) bond motifs is 2. The van der Waals surface area contributed by atoms with E-state index >= 15 is 0 Å². The van der Waals surface area contributed by atoms with Crippen LogP contribution < -0.4 is 5.32 Å². The number of amides is 1. The third-order valence-electron chi connectivity index (χ3n) is 4.60. The van der Waals surface area contributed by atoms with Gasteiger partial charge in [-0.2, -0.15) is 18.3 Å². The van der Waals surface area contributed by atoms with Crippen molar-refractivity contribution in [2.75, 3.05) is 5.32 Å². The van der Waals surface area contributed by atoms with E-state index in [2.05, 4.69) is 15.4 Å². The first-order valence-electron chi connectivity index (χ1n) is 8.60. The van der Waals surface area contributed by atoms with Gasteiger partial charge < -0.3 is 5.32 Å². The van der Waals surface area contributed by atoms with Crippen LogP contribution >= 0.6 is 0 Å². The van der Waals surface area contributed by atoms with Gasteiger partial charge in [-0.1, -0.05) is 26.0 Å². The van der Waals surface area contributed by atoms with Crippen molar-refractivity contribution in [2.45, 2.75) is 38.8 Å². The Bertz CT molecular complexity index is 1050. The molecule has 1 aromatic carbocycles. The summed E-state index contributed by atoms with van der Waals surface area (Å²) in [7, 11) is 0. The summed E-state index contributed by atoms with van der Waals surface area (Å²) in [6, 6.07) is 7.62. The molecule has 2 aromatic heterocycles. The maximum atomic E-state index is 13.6. The normalized spacial score (nSPS) is 14.1. The van der Waals surface area contributed by atoms with E-state index in [4.69, 9.17) is 0 Å². The molecule has 1 amide bonds. The molecule has 4 rings (SSSR count). The lowest BCUT2D eigenvalue weighted by atomic mass is 10.0. The Morgan fingerprint density at radius 1 is 1.22 bits per heavy atom. The minimum absolute atomic E-state index is 0.00386. The molecule has 5 nitrogen and oxygen atoms in total. The van der Waals surface area contributed by atoms with E-state index in [1.54, 1.807) is 18.2 Å². The third-order valence-corrected chi connectivity index (χ3v) is 4.60. The first kappa shape index (κ1) is 17.5. The van der Waals surface area contributed by atoms with E-state index in [9.17, 15) is 18.0 Å². The summed E-state index contributed by atoms with van der Waals surface area (Å²) >= 11 is 0. The van der Waals surface area contributed by atoms with Crippen LogP contribution in [0, 0.1) is 0 Å². The van der Waals surface area contributed by atoms with Crippen molar-refractivity contribution in [1.82, 2.24) is 14.6 Å². The van der Waals surface area contributed by atoms with Crippen LogP contribution in [0.3, 0.4) is 0 Å². The Labute approximate surface area is 153 Å². The maximum Gasteiger partial charge on any atom is 0.418 e. The summed E-state index contributed by atoms with van der Waals surface area (Å²) in [5, 5.41) is 7.03. The predicted octanol–water partition coefficient (Wildman–Crippen LogP) is 3.96. The Morgan fingerprint density at radius 2 is 2.00 bits per heavy atom. The van der Waals surface area contributed by atoms with Crippen LogP contribution in [0.5, 0.6) is 0 Å². The Morgan fingerprint density at radius 3 is 2.70 bits per heavy atom. The summed E-state index contributed by atoms with van der Waals surface area (Å²) < 4.78 is 42.1. The topological polar surface area (TPSA) is 59.3 Å². The number of nitrogens with zero attached hydrogens (tertiary/aromatic N) is 3. The molecule has 1 aliphatic rings. The monoisotopic (exact) mass is 374 g/mol. The summed E-state index contributed by atoms with van der Waals surface area (Å²) in [5.41, 5.74) is 1.88. The van der Waals surface area contributed by atoms with E-state index in [0.29, 0.717) is 22.7 Å². The highest BCUT2D eigenvalue weighted by Crippen LogP contribution is 2.34. The van der Waals surface area contributed by atoms with Crippen LogP contribution in [-0.4, -0.2) is 20.5 Å². The van der Waals surface area contributed by atoms with Gasteiger partial charge in [-0.25, -0.2) is 9.50 Å². The van der Waals surface area contributed by atoms with Gasteiger partial charge in [0.15, 0.2) is 11.5 Å². The molecule has 0 fully saturated rings. The Hall–Kier alpha value is -2.90. The van der Waals surface area contributed by atoms with E-state index in [0.717, 1.165) is 11.6 Å². The molecular formula is C19H17F3N4O. The second-order valence-electron chi connectivity index (χ2n) is 6.98. The molecule has 27 heavy (non-hydrogen) atoms. The molecule has 0 saturated carbocycles. The van der Waals surface area contributed by atoms with Crippen LogP contribution in [0.1, 0.15) is 48.0 Å². The minimum atomic E-state index is -4.50. The van der Waals surface area contributed by atoms with Gasteiger partial charge in [0.05, 0.1) is 17.7 Å². The molecule has 0 bridgehead atoms. The fourth-order valence-electron chi connectivity index (χ4n) is 3.27. The first-order valence-corrected chi connectivity index (χ1v) is 8.60. The molecule has 0 radical (unpaired) electrons. The number of nitrogens with one attached hydrogen (secondary N) is 1. The molecule has 8 heteroatoms. The van der Waals surface area contributed by atoms with Crippen molar-refractivity contribution in [3.63, 3.8) is 0 Å². The fourth-order valence-corrected chi connectivity index (χ4v) is 3.27. The summed E-state index contributed by atoms with van der Waals surface area (Å²) in [4.78, 5) is 15.8. The fraction of sp³-hybridized carbons (Fsp3) is 0.316. The summed E-state index contributed by atoms with van der Waals surface area (Å²) in [6.45, 7) is 3.78. The quantitative estimate of drug-likeness (QED) is 0.755. The van der Waals surface area contributed by atoms with E-state index in [-0.39, 0.29) is 30.4 Å². The van der Waals surface area contributed by atoms with Crippen molar-refractivity contribution in [2.24, 2.45) is 0 Å². The predicted molar refractivity (Wildman–Crippen MR) is 93.7 cm³/mol. The van der Waals surface area contributed by atoms with Crippen molar-refractivity contribution < 1.29 is 18.0 Å². The number of anilines is 1. The number of hydrogen-bond acceptors (Lipinski definition) is 3. The van der Waals surface area contributed by atoms with Crippen molar-refractivity contribution in [1.29, 1.82) is 0 Å². The molecule has 140 valence electrons. The number of benzene rings is 1. The third kappa shape index (κ3) is 3.15. The van der Waals surface area contributed by atoms with Gasteiger partial charge in [0.25, 0.3) is 0 Å². The van der Waals surface area contributed by atoms with Gasteiger partial charge in [-0.3, -0.25) is 4.79 Å². The van der Waals surface area contributed by atoms with Gasteiger partial charge in [0, 0.05) is 18.0 Å². The maximum absolute atomic E-state index is 13.6. The van der Waals surface area contributed by atoms with Crippen molar-refractivity contribution in [3.8, 4) is 0 Å². The summed E-state index contributed by atoms with van der Waals surface area (Å²) in [5.74, 6) is 0.390. The number of carbonyl (C=O) groups excluding carboxylic acids is 1. The first-order chi connectivity index (χ1) is 12.7. The second-order valence-corrected chi connectivity index (χ2v) is 6.98. The molecular weight excluding hydrogens is 357 g/mol. The Kier molecular flexibility index (Phi) is 3.94. The highest BCUT2D eigenvalue weighted by atomic mass is 19.4. The molecule has 1 aliphatic heterocycles. The molecule has 3 heterocycles. The van der Waals surface area contributed by atoms with E-state index < -0.39 is 11.7 Å². The molecule has 0 aliphatic carbocycles. The van der Waals surface area contributed by atoms with Gasteiger partial charge in [-0.15, -0.1) is 0 Å². The Balaban J connectivity index is 1.84. The number of aromatic nitrogens is 3. The van der Waals surface area contributed by atoms with Gasteiger partial charge >= 0.3 is 6.18 Å². The summed E-state index contributed by atoms with van der Waals surface area (Å²) in [6.07, 6.45) is -4.23. The van der Waals surface area contributed by atoms with Crippen molar-refractivity contribution >= 4 is 17.2 Å². The molecule has 3 aromatic rings. The smallest absolute Gasteiger partial charge is 0.326 e. The lowest BCUT2D eigenvalue weighted by Crippen LogP contribution is -2.14. The second kappa shape index (κ2) is 6.07. The molecule has 0 atom stereocenters. The lowest BCUT2D eigenvalue weighted by Gasteiger charge is -2.14. The van der Waals surface area contributed by atoms with Crippen LogP contribution in [-0.2, 0) is 23.8 Å². The van der Waals surface area contributed by atoms with Crippen LogP contribution in [0.2, 0.25) is 0 Å². The standard InChI is InChI=1S/C19H17F3N4O/c1-10(2)18-24-16-6-4-13(19(20,21)22)15(26(16)25-18)8-11-3-5-14-12(7-11)9-17(27)23-14/h3-7,10H,8-9H2,1-2H3,(H,23,27). The van der Waals surface area contributed by atoms with Gasteiger partial charge in [-0.05, 0) is 29.3 Å². The largest absolute Gasteiger partial charge is 0.418 e. The SMILES string of the molecule is CC(C)c1nc2ccc(C(F)(F)F)c(Cc3ccc4c(c3)CC(=O)N4)n2n1. The highest BCUT2D eigenvalue weighted by Gasteiger charge is 2.35. The van der Waals surface area contributed by atoms with Crippen molar-refractivity contribution in [3.05, 3.63) is 58.5 Å². The van der Waals surface area contributed by atoms with Crippen LogP contribution in [0.4, 0.5) is 18.9 Å². The van der Waals surface area contributed by atoms with Crippen LogP contribution in [0.25, 0.3) is 5.65 Å². The molecule has 1 N–H and O–H groups in total. The lowest BCUT2D eigenvalue weighted by molar-refractivity contribution is -0.138. The molecule has 0 unspecified atom stereocenters. The van der Waals surface area contributed by atoms with Gasteiger partial charge in [0.2, 0.25) is 5.91 Å².